The summed E-state index contributed by atoms with van der Waals surface area (Å²) in [5, 5.41) is 13.8. The number of hydrogen-bond acceptors (Lipinski definition) is 5. The molecule has 1 aliphatic heterocycles. The summed E-state index contributed by atoms with van der Waals surface area (Å²) >= 11 is 1.48. The fourth-order valence-corrected chi connectivity index (χ4v) is 5.05. The highest BCUT2D eigenvalue weighted by Gasteiger charge is 2.22. The van der Waals surface area contributed by atoms with E-state index >= 15 is 0 Å². The molecule has 6 heteroatoms. The lowest BCUT2D eigenvalue weighted by molar-refractivity contribution is -0.130. The molecule has 4 aromatic rings. The van der Waals surface area contributed by atoms with Gasteiger partial charge in [-0.15, -0.1) is 5.10 Å². The third-order valence-corrected chi connectivity index (χ3v) is 6.83. The van der Waals surface area contributed by atoms with Gasteiger partial charge >= 0.3 is 0 Å². The summed E-state index contributed by atoms with van der Waals surface area (Å²) in [7, 11) is 0. The average molecular weight is 429 g/mol. The van der Waals surface area contributed by atoms with E-state index in [4.69, 9.17) is 0 Å². The first-order valence-corrected chi connectivity index (χ1v) is 11.6. The predicted molar refractivity (Wildman–Crippen MR) is 126 cm³/mol. The first kappa shape index (κ1) is 20.0. The normalized spacial score (nSPS) is 14.9. The van der Waals surface area contributed by atoms with Gasteiger partial charge in [-0.25, -0.2) is 0 Å². The van der Waals surface area contributed by atoms with Crippen LogP contribution in [0.3, 0.4) is 0 Å². The molecule has 0 N–H and O–H groups in total. The monoisotopic (exact) mass is 428 g/mol. The summed E-state index contributed by atoms with van der Waals surface area (Å²) in [6.45, 7) is 4.25. The Labute approximate surface area is 186 Å². The number of fused-ring (bicyclic) bond motifs is 2. The summed E-state index contributed by atoms with van der Waals surface area (Å²) in [5.74, 6) is 0.566. The number of amides is 1. The quantitative estimate of drug-likeness (QED) is 0.446. The van der Waals surface area contributed by atoms with Crippen LogP contribution in [0.25, 0.3) is 21.5 Å². The van der Waals surface area contributed by atoms with Crippen LogP contribution in [0.2, 0.25) is 0 Å². The minimum atomic E-state index is 0.171. The minimum Gasteiger partial charge on any atom is -0.339 e. The van der Waals surface area contributed by atoms with Crippen LogP contribution in [0.1, 0.15) is 5.56 Å². The van der Waals surface area contributed by atoms with Gasteiger partial charge in [0.05, 0.1) is 11.9 Å². The van der Waals surface area contributed by atoms with Crippen molar-refractivity contribution in [3.05, 3.63) is 78.5 Å². The summed E-state index contributed by atoms with van der Waals surface area (Å²) < 4.78 is 0. The number of piperazine rings is 1. The van der Waals surface area contributed by atoms with Gasteiger partial charge in [-0.1, -0.05) is 78.5 Å². The van der Waals surface area contributed by atoms with Crippen LogP contribution >= 0.6 is 11.8 Å². The molecule has 0 bridgehead atoms. The number of rotatable bonds is 5. The number of thioether (sulfide) groups is 1. The Morgan fingerprint density at radius 3 is 2.39 bits per heavy atom. The third-order valence-electron chi connectivity index (χ3n) is 5.87. The van der Waals surface area contributed by atoms with Gasteiger partial charge in [-0.3, -0.25) is 9.69 Å². The molecule has 3 aromatic carbocycles. The highest BCUT2D eigenvalue weighted by molar-refractivity contribution is 8.00. The molecule has 2 heterocycles. The van der Waals surface area contributed by atoms with E-state index in [0.29, 0.717) is 5.75 Å². The van der Waals surface area contributed by atoms with E-state index in [1.54, 1.807) is 6.20 Å². The van der Waals surface area contributed by atoms with E-state index in [1.165, 1.54) is 28.1 Å². The fourth-order valence-electron chi connectivity index (χ4n) is 4.16. The van der Waals surface area contributed by atoms with Gasteiger partial charge in [0.1, 0.15) is 5.03 Å². The van der Waals surface area contributed by atoms with E-state index in [9.17, 15) is 4.79 Å². The van der Waals surface area contributed by atoms with Gasteiger partial charge in [-0.05, 0) is 16.3 Å². The van der Waals surface area contributed by atoms with Gasteiger partial charge < -0.3 is 4.90 Å². The maximum Gasteiger partial charge on any atom is 0.233 e. The molecule has 0 saturated carbocycles. The van der Waals surface area contributed by atoms with Gasteiger partial charge in [0.25, 0.3) is 0 Å². The van der Waals surface area contributed by atoms with Crippen LogP contribution in [0.4, 0.5) is 0 Å². The van der Waals surface area contributed by atoms with Gasteiger partial charge in [0.15, 0.2) is 0 Å². The van der Waals surface area contributed by atoms with Crippen molar-refractivity contribution in [3.63, 3.8) is 0 Å². The Balaban J connectivity index is 1.17. The standard InChI is InChI=1S/C25H24N4OS/c30-24(18-31-25-23-11-4-2-7-20(23)16-26-27-25)29-14-12-28(13-15-29)17-21-9-5-8-19-6-1-3-10-22(19)21/h1-11,16H,12-15,17-18H2. The zero-order valence-corrected chi connectivity index (χ0v) is 18.1. The molecule has 1 saturated heterocycles. The molecule has 0 spiro atoms. The van der Waals surface area contributed by atoms with Crippen molar-refractivity contribution in [2.24, 2.45) is 0 Å². The molecule has 0 unspecified atom stereocenters. The molecule has 0 atom stereocenters. The van der Waals surface area contributed by atoms with Crippen molar-refractivity contribution < 1.29 is 4.79 Å². The number of nitrogens with zero attached hydrogens (tertiary/aromatic N) is 4. The summed E-state index contributed by atoms with van der Waals surface area (Å²) in [4.78, 5) is 17.2. The molecule has 1 amide bonds. The van der Waals surface area contributed by atoms with Crippen LogP contribution in [0.15, 0.2) is 78.0 Å². The lowest BCUT2D eigenvalue weighted by atomic mass is 10.0. The van der Waals surface area contributed by atoms with Crippen molar-refractivity contribution in [1.82, 2.24) is 20.0 Å². The zero-order chi connectivity index (χ0) is 21.0. The number of aromatic nitrogens is 2. The smallest absolute Gasteiger partial charge is 0.233 e. The van der Waals surface area contributed by atoms with E-state index < -0.39 is 0 Å². The molecule has 156 valence electrons. The lowest BCUT2D eigenvalue weighted by Crippen LogP contribution is -2.48. The molecular formula is C25H24N4OS. The molecule has 0 radical (unpaired) electrons. The summed E-state index contributed by atoms with van der Waals surface area (Å²) in [5.41, 5.74) is 1.35. The van der Waals surface area contributed by atoms with Crippen molar-refractivity contribution >= 4 is 39.2 Å². The summed E-state index contributed by atoms with van der Waals surface area (Å²) in [6, 6.07) is 23.1. The molecule has 1 aromatic heterocycles. The van der Waals surface area contributed by atoms with E-state index in [2.05, 4.69) is 57.6 Å². The van der Waals surface area contributed by atoms with Crippen LogP contribution in [0, 0.1) is 0 Å². The Morgan fingerprint density at radius 1 is 0.839 bits per heavy atom. The van der Waals surface area contributed by atoms with Crippen molar-refractivity contribution in [2.45, 2.75) is 11.6 Å². The van der Waals surface area contributed by atoms with Crippen LogP contribution < -0.4 is 0 Å². The van der Waals surface area contributed by atoms with Crippen molar-refractivity contribution in [3.8, 4) is 0 Å². The second kappa shape index (κ2) is 9.04. The van der Waals surface area contributed by atoms with Gasteiger partial charge in [-0.2, -0.15) is 5.10 Å². The molecule has 0 aliphatic carbocycles. The Kier molecular flexibility index (Phi) is 5.82. The molecule has 1 fully saturated rings. The van der Waals surface area contributed by atoms with E-state index in [0.717, 1.165) is 48.5 Å². The highest BCUT2D eigenvalue weighted by Crippen LogP contribution is 2.25. The predicted octanol–water partition coefficient (Wildman–Crippen LogP) is 4.22. The number of hydrogen-bond donors (Lipinski definition) is 0. The average Bonchev–Trinajstić information content (AvgIpc) is 2.83. The largest absolute Gasteiger partial charge is 0.339 e. The maximum atomic E-state index is 12.8. The van der Waals surface area contributed by atoms with E-state index in [-0.39, 0.29) is 5.91 Å². The molecule has 31 heavy (non-hydrogen) atoms. The topological polar surface area (TPSA) is 49.3 Å². The lowest BCUT2D eigenvalue weighted by Gasteiger charge is -2.35. The van der Waals surface area contributed by atoms with Crippen molar-refractivity contribution in [1.29, 1.82) is 0 Å². The van der Waals surface area contributed by atoms with Crippen LogP contribution in [-0.4, -0.2) is 57.8 Å². The Morgan fingerprint density at radius 2 is 1.55 bits per heavy atom. The third kappa shape index (κ3) is 4.40. The maximum absolute atomic E-state index is 12.8. The first-order chi connectivity index (χ1) is 15.3. The Hall–Kier alpha value is -2.96. The number of carbonyl (C=O) groups is 1. The van der Waals surface area contributed by atoms with Gasteiger partial charge in [0.2, 0.25) is 5.91 Å². The summed E-state index contributed by atoms with van der Waals surface area (Å²) in [6.07, 6.45) is 1.76. The van der Waals surface area contributed by atoms with Gasteiger partial charge in [0, 0.05) is 43.5 Å². The Bertz CT molecular complexity index is 1210. The SMILES string of the molecule is O=C(CSc1nncc2ccccc12)N1CCN(Cc2cccc3ccccc23)CC1. The molecule has 5 nitrogen and oxygen atoms in total. The zero-order valence-electron chi connectivity index (χ0n) is 17.3. The molecule has 1 aliphatic rings. The number of benzene rings is 3. The number of carbonyl (C=O) groups excluding carboxylic acids is 1. The van der Waals surface area contributed by atoms with Crippen molar-refractivity contribution in [2.75, 3.05) is 31.9 Å². The van der Waals surface area contributed by atoms with E-state index in [1.807, 2.05) is 29.2 Å². The molecular weight excluding hydrogens is 404 g/mol. The minimum absolute atomic E-state index is 0.171. The second-order valence-electron chi connectivity index (χ2n) is 7.82. The second-order valence-corrected chi connectivity index (χ2v) is 8.78. The fraction of sp³-hybridized carbons (Fsp3) is 0.240. The molecule has 5 rings (SSSR count). The van der Waals surface area contributed by atoms with Crippen LogP contribution in [-0.2, 0) is 11.3 Å². The first-order valence-electron chi connectivity index (χ1n) is 10.6. The van der Waals surface area contributed by atoms with Crippen LogP contribution in [0.5, 0.6) is 0 Å². The highest BCUT2D eigenvalue weighted by atomic mass is 32.2.